The standard InChI is InChI=1S/C16H12F2O2/c17-14-8-7-12(10-13(14)4-3-9-19)11-20-16-6-2-1-5-15(16)18/h1-2,5-8,10,19H,9,11H2. The van der Waals surface area contributed by atoms with Crippen LogP contribution in [-0.2, 0) is 6.61 Å². The molecule has 102 valence electrons. The second-order valence-electron chi connectivity index (χ2n) is 3.99. The van der Waals surface area contributed by atoms with Gasteiger partial charge in [-0.15, -0.1) is 0 Å². The molecule has 0 amide bonds. The Kier molecular flexibility index (Phi) is 4.70. The number of hydrogen-bond acceptors (Lipinski definition) is 2. The van der Waals surface area contributed by atoms with Gasteiger partial charge in [0.25, 0.3) is 0 Å². The Morgan fingerprint density at radius 3 is 2.60 bits per heavy atom. The Balaban J connectivity index is 2.12. The van der Waals surface area contributed by atoms with Crippen LogP contribution >= 0.6 is 0 Å². The second kappa shape index (κ2) is 6.69. The minimum Gasteiger partial charge on any atom is -0.486 e. The van der Waals surface area contributed by atoms with Gasteiger partial charge in [-0.25, -0.2) is 8.78 Å². The molecule has 4 heteroatoms. The lowest BCUT2D eigenvalue weighted by Crippen LogP contribution is -1.98. The van der Waals surface area contributed by atoms with Crippen LogP contribution < -0.4 is 4.74 Å². The number of aliphatic hydroxyl groups excluding tert-OH is 1. The van der Waals surface area contributed by atoms with Crippen LogP contribution in [0.4, 0.5) is 8.78 Å². The highest BCUT2D eigenvalue weighted by Gasteiger charge is 2.04. The summed E-state index contributed by atoms with van der Waals surface area (Å²) < 4.78 is 32.1. The van der Waals surface area contributed by atoms with Crippen LogP contribution in [0.25, 0.3) is 0 Å². The molecule has 0 bridgehead atoms. The zero-order valence-corrected chi connectivity index (χ0v) is 10.6. The summed E-state index contributed by atoms with van der Waals surface area (Å²) in [6, 6.07) is 10.4. The van der Waals surface area contributed by atoms with E-state index in [0.29, 0.717) is 5.56 Å². The van der Waals surface area contributed by atoms with Crippen molar-refractivity contribution in [2.45, 2.75) is 6.61 Å². The molecule has 0 aliphatic rings. The topological polar surface area (TPSA) is 29.5 Å². The van der Waals surface area contributed by atoms with E-state index in [2.05, 4.69) is 11.8 Å². The Labute approximate surface area is 115 Å². The maximum Gasteiger partial charge on any atom is 0.165 e. The highest BCUT2D eigenvalue weighted by Crippen LogP contribution is 2.18. The van der Waals surface area contributed by atoms with Crippen LogP contribution in [0.5, 0.6) is 5.75 Å². The highest BCUT2D eigenvalue weighted by molar-refractivity contribution is 5.38. The van der Waals surface area contributed by atoms with Gasteiger partial charge < -0.3 is 9.84 Å². The van der Waals surface area contributed by atoms with Crippen LogP contribution in [0.2, 0.25) is 0 Å². The summed E-state index contributed by atoms with van der Waals surface area (Å²) in [6.45, 7) is -0.232. The van der Waals surface area contributed by atoms with E-state index in [1.165, 1.54) is 24.3 Å². The van der Waals surface area contributed by atoms with Crippen LogP contribution in [0.15, 0.2) is 42.5 Å². The predicted molar refractivity (Wildman–Crippen MR) is 71.1 cm³/mol. The van der Waals surface area contributed by atoms with Gasteiger partial charge in [0, 0.05) is 0 Å². The summed E-state index contributed by atoms with van der Waals surface area (Å²) in [5.41, 5.74) is 0.838. The molecule has 0 aliphatic carbocycles. The Morgan fingerprint density at radius 1 is 1.05 bits per heavy atom. The minimum absolute atomic E-state index is 0.106. The molecule has 2 rings (SSSR count). The van der Waals surface area contributed by atoms with E-state index < -0.39 is 11.6 Å². The molecule has 2 aromatic carbocycles. The van der Waals surface area contributed by atoms with Crippen molar-refractivity contribution in [3.05, 3.63) is 65.2 Å². The van der Waals surface area contributed by atoms with Crippen molar-refractivity contribution in [2.75, 3.05) is 6.61 Å². The largest absolute Gasteiger partial charge is 0.486 e. The molecule has 0 aliphatic heterocycles. The zero-order valence-electron chi connectivity index (χ0n) is 10.6. The van der Waals surface area contributed by atoms with E-state index >= 15 is 0 Å². The number of para-hydroxylation sites is 1. The van der Waals surface area contributed by atoms with Crippen molar-refractivity contribution in [3.8, 4) is 17.6 Å². The van der Waals surface area contributed by atoms with Gasteiger partial charge >= 0.3 is 0 Å². The van der Waals surface area contributed by atoms with E-state index in [9.17, 15) is 8.78 Å². The molecule has 0 radical (unpaired) electrons. The summed E-state index contributed by atoms with van der Waals surface area (Å²) in [4.78, 5) is 0. The third-order valence-corrected chi connectivity index (χ3v) is 2.56. The first-order valence-corrected chi connectivity index (χ1v) is 5.96. The lowest BCUT2D eigenvalue weighted by Gasteiger charge is -2.07. The van der Waals surface area contributed by atoms with Crippen LogP contribution in [0, 0.1) is 23.5 Å². The van der Waals surface area contributed by atoms with Gasteiger partial charge in [-0.2, -0.15) is 0 Å². The molecule has 1 N–H and O–H groups in total. The molecule has 0 saturated carbocycles. The quantitative estimate of drug-likeness (QED) is 0.872. The van der Waals surface area contributed by atoms with E-state index in [-0.39, 0.29) is 24.5 Å². The number of aliphatic hydroxyl groups is 1. The number of halogens is 2. The summed E-state index contributed by atoms with van der Waals surface area (Å²) >= 11 is 0. The van der Waals surface area contributed by atoms with Crippen molar-refractivity contribution < 1.29 is 18.6 Å². The molecule has 0 atom stereocenters. The molecular formula is C16H12F2O2. The smallest absolute Gasteiger partial charge is 0.165 e. The van der Waals surface area contributed by atoms with Gasteiger partial charge in [-0.3, -0.25) is 0 Å². The van der Waals surface area contributed by atoms with Crippen LogP contribution in [0.1, 0.15) is 11.1 Å². The molecule has 0 unspecified atom stereocenters. The fraction of sp³-hybridized carbons (Fsp3) is 0.125. The first kappa shape index (κ1) is 14.0. The Bertz CT molecular complexity index is 657. The summed E-state index contributed by atoms with van der Waals surface area (Å²) in [5.74, 6) is 4.11. The molecule has 20 heavy (non-hydrogen) atoms. The third-order valence-electron chi connectivity index (χ3n) is 2.56. The number of benzene rings is 2. The van der Waals surface area contributed by atoms with Crippen molar-refractivity contribution in [2.24, 2.45) is 0 Å². The van der Waals surface area contributed by atoms with Gasteiger partial charge in [-0.1, -0.05) is 30.0 Å². The van der Waals surface area contributed by atoms with E-state index in [1.807, 2.05) is 0 Å². The SMILES string of the molecule is OCC#Cc1cc(COc2ccccc2F)ccc1F. The molecule has 0 heterocycles. The van der Waals surface area contributed by atoms with E-state index in [1.54, 1.807) is 18.2 Å². The second-order valence-corrected chi connectivity index (χ2v) is 3.99. The Morgan fingerprint density at radius 2 is 1.85 bits per heavy atom. The summed E-state index contributed by atoms with van der Waals surface area (Å²) in [6.07, 6.45) is 0. The summed E-state index contributed by atoms with van der Waals surface area (Å²) in [5, 5.41) is 8.61. The molecule has 2 aromatic rings. The molecule has 0 saturated heterocycles. The van der Waals surface area contributed by atoms with Crippen LogP contribution in [-0.4, -0.2) is 11.7 Å². The Hall–Kier alpha value is -2.38. The maximum atomic E-state index is 13.4. The first-order chi connectivity index (χ1) is 9.70. The van der Waals surface area contributed by atoms with Gasteiger partial charge in [0.1, 0.15) is 19.0 Å². The molecule has 0 aromatic heterocycles. The lowest BCUT2D eigenvalue weighted by atomic mass is 10.1. The average Bonchev–Trinajstić information content (AvgIpc) is 2.46. The zero-order chi connectivity index (χ0) is 14.4. The van der Waals surface area contributed by atoms with Crippen LogP contribution in [0.3, 0.4) is 0 Å². The van der Waals surface area contributed by atoms with Crippen molar-refractivity contribution in [3.63, 3.8) is 0 Å². The maximum absolute atomic E-state index is 13.4. The highest BCUT2D eigenvalue weighted by atomic mass is 19.1. The van der Waals surface area contributed by atoms with Gasteiger partial charge in [0.2, 0.25) is 0 Å². The normalized spacial score (nSPS) is 9.75. The first-order valence-electron chi connectivity index (χ1n) is 5.96. The average molecular weight is 274 g/mol. The lowest BCUT2D eigenvalue weighted by molar-refractivity contribution is 0.290. The van der Waals surface area contributed by atoms with Crippen molar-refractivity contribution in [1.29, 1.82) is 0 Å². The van der Waals surface area contributed by atoms with Gasteiger partial charge in [0.15, 0.2) is 11.6 Å². The van der Waals surface area contributed by atoms with Crippen molar-refractivity contribution >= 4 is 0 Å². The number of hydrogen-bond donors (Lipinski definition) is 1. The molecular weight excluding hydrogens is 262 g/mol. The fourth-order valence-electron chi connectivity index (χ4n) is 1.62. The minimum atomic E-state index is -0.472. The number of ether oxygens (including phenoxy) is 1. The van der Waals surface area contributed by atoms with Gasteiger partial charge in [-0.05, 0) is 29.8 Å². The number of rotatable bonds is 3. The molecule has 0 fully saturated rings. The van der Waals surface area contributed by atoms with E-state index in [0.717, 1.165) is 0 Å². The molecule has 0 spiro atoms. The molecule has 2 nitrogen and oxygen atoms in total. The monoisotopic (exact) mass is 274 g/mol. The fourth-order valence-corrected chi connectivity index (χ4v) is 1.62. The van der Waals surface area contributed by atoms with Crippen molar-refractivity contribution in [1.82, 2.24) is 0 Å². The van der Waals surface area contributed by atoms with E-state index in [4.69, 9.17) is 9.84 Å². The third kappa shape index (κ3) is 3.56. The van der Waals surface area contributed by atoms with Gasteiger partial charge in [0.05, 0.1) is 5.56 Å². The predicted octanol–water partition coefficient (Wildman–Crippen LogP) is 2.89. The summed E-state index contributed by atoms with van der Waals surface area (Å²) in [7, 11) is 0.